The average Bonchev–Trinajstić information content (AvgIpc) is 2.96. The Bertz CT molecular complexity index is 1600. The monoisotopic (exact) mass is 537 g/mol. The Labute approximate surface area is 234 Å². The first-order valence-corrected chi connectivity index (χ1v) is 13.5. The van der Waals surface area contributed by atoms with Gasteiger partial charge in [0.05, 0.1) is 30.2 Å². The standard InChI is InChI=1S/C33H35N3O4/c1-21(2)30(36(16-6-15-34)33(38)25-11-9-22(3)10-12-25)32-28(18-23-7-5-8-24(17-23)20-35)31(37)27-14-13-26(39-4)19-29(27)40-32/h5,7-14,17,19,21,30H,6,15-16,18,34H2,1-4H3. The summed E-state index contributed by atoms with van der Waals surface area (Å²) >= 11 is 0. The maximum absolute atomic E-state index is 14.1. The normalized spacial score (nSPS) is 11.8. The number of aryl methyl sites for hydroxylation is 1. The van der Waals surface area contributed by atoms with Crippen molar-refractivity contribution in [1.29, 1.82) is 5.26 Å². The predicted octanol–water partition coefficient (Wildman–Crippen LogP) is 5.76. The van der Waals surface area contributed by atoms with Crippen LogP contribution in [0.5, 0.6) is 5.75 Å². The fraction of sp³-hybridized carbons (Fsp3) is 0.303. The number of hydrogen-bond acceptors (Lipinski definition) is 6. The zero-order valence-electron chi connectivity index (χ0n) is 23.4. The maximum atomic E-state index is 14.1. The number of amides is 1. The van der Waals surface area contributed by atoms with Crippen LogP contribution >= 0.6 is 0 Å². The molecule has 1 atom stereocenters. The molecule has 1 heterocycles. The number of nitrogens with zero attached hydrogens (tertiary/aromatic N) is 2. The number of rotatable bonds is 10. The summed E-state index contributed by atoms with van der Waals surface area (Å²) in [6.07, 6.45) is 0.841. The Morgan fingerprint density at radius 3 is 2.50 bits per heavy atom. The van der Waals surface area contributed by atoms with Crippen molar-refractivity contribution in [3.63, 3.8) is 0 Å². The molecule has 7 heteroatoms. The van der Waals surface area contributed by atoms with E-state index in [2.05, 4.69) is 6.07 Å². The number of methoxy groups -OCH3 is 1. The molecule has 0 aliphatic carbocycles. The van der Waals surface area contributed by atoms with Crippen LogP contribution in [0.15, 0.2) is 75.9 Å². The molecule has 3 aromatic carbocycles. The summed E-state index contributed by atoms with van der Waals surface area (Å²) in [6, 6.07) is 21.4. The van der Waals surface area contributed by atoms with Crippen molar-refractivity contribution >= 4 is 16.9 Å². The summed E-state index contributed by atoms with van der Waals surface area (Å²) in [5.41, 5.74) is 9.49. The Morgan fingerprint density at radius 1 is 1.10 bits per heavy atom. The van der Waals surface area contributed by atoms with E-state index in [0.717, 1.165) is 11.1 Å². The molecule has 0 spiro atoms. The summed E-state index contributed by atoms with van der Waals surface area (Å²) in [4.78, 5) is 29.8. The van der Waals surface area contributed by atoms with Crippen LogP contribution in [0.25, 0.3) is 11.0 Å². The van der Waals surface area contributed by atoms with E-state index >= 15 is 0 Å². The van der Waals surface area contributed by atoms with Gasteiger partial charge in [-0.15, -0.1) is 0 Å². The molecule has 2 N–H and O–H groups in total. The van der Waals surface area contributed by atoms with Crippen LogP contribution in [0.2, 0.25) is 0 Å². The highest BCUT2D eigenvalue weighted by Crippen LogP contribution is 2.35. The van der Waals surface area contributed by atoms with Gasteiger partial charge in [0.25, 0.3) is 5.91 Å². The fourth-order valence-corrected chi connectivity index (χ4v) is 5.01. The molecule has 1 amide bonds. The van der Waals surface area contributed by atoms with E-state index in [1.54, 1.807) is 48.4 Å². The molecule has 1 unspecified atom stereocenters. The summed E-state index contributed by atoms with van der Waals surface area (Å²) in [6.45, 7) is 6.81. The van der Waals surface area contributed by atoms with Gasteiger partial charge in [-0.05, 0) is 67.8 Å². The molecule has 4 aromatic rings. The Hall–Kier alpha value is -4.41. The molecule has 0 aliphatic rings. The lowest BCUT2D eigenvalue weighted by atomic mass is 9.91. The Kier molecular flexibility index (Phi) is 9.03. The lowest BCUT2D eigenvalue weighted by Crippen LogP contribution is -2.40. The number of ether oxygens (including phenoxy) is 1. The molecule has 0 aliphatic heterocycles. The smallest absolute Gasteiger partial charge is 0.254 e. The first-order chi connectivity index (χ1) is 19.3. The minimum Gasteiger partial charge on any atom is -0.497 e. The third kappa shape index (κ3) is 6.08. The van der Waals surface area contributed by atoms with Gasteiger partial charge >= 0.3 is 0 Å². The van der Waals surface area contributed by atoms with Gasteiger partial charge in [0.2, 0.25) is 0 Å². The fourth-order valence-electron chi connectivity index (χ4n) is 5.01. The first-order valence-electron chi connectivity index (χ1n) is 13.5. The molecule has 0 saturated heterocycles. The van der Waals surface area contributed by atoms with Gasteiger partial charge in [-0.3, -0.25) is 9.59 Å². The number of nitriles is 1. The molecule has 0 radical (unpaired) electrons. The number of benzene rings is 3. The second-order valence-corrected chi connectivity index (χ2v) is 10.3. The lowest BCUT2D eigenvalue weighted by molar-refractivity contribution is 0.0587. The van der Waals surface area contributed by atoms with E-state index in [9.17, 15) is 14.9 Å². The van der Waals surface area contributed by atoms with E-state index in [0.29, 0.717) is 58.7 Å². The zero-order valence-corrected chi connectivity index (χ0v) is 23.4. The van der Waals surface area contributed by atoms with Gasteiger partial charge in [-0.2, -0.15) is 5.26 Å². The number of nitrogens with two attached hydrogens (primary N) is 1. The maximum Gasteiger partial charge on any atom is 0.254 e. The summed E-state index contributed by atoms with van der Waals surface area (Å²) in [5.74, 6) is 0.744. The van der Waals surface area contributed by atoms with Crippen molar-refractivity contribution in [1.82, 2.24) is 4.90 Å². The largest absolute Gasteiger partial charge is 0.497 e. The van der Waals surface area contributed by atoms with Crippen molar-refractivity contribution < 1.29 is 13.9 Å². The minimum atomic E-state index is -0.544. The van der Waals surface area contributed by atoms with Crippen LogP contribution in [0.1, 0.15) is 64.7 Å². The van der Waals surface area contributed by atoms with Crippen LogP contribution in [-0.2, 0) is 6.42 Å². The molecular weight excluding hydrogens is 502 g/mol. The third-order valence-electron chi connectivity index (χ3n) is 7.06. The molecular formula is C33H35N3O4. The second kappa shape index (κ2) is 12.6. The van der Waals surface area contributed by atoms with Crippen LogP contribution < -0.4 is 15.9 Å². The average molecular weight is 538 g/mol. The van der Waals surface area contributed by atoms with E-state index in [1.807, 2.05) is 51.1 Å². The third-order valence-corrected chi connectivity index (χ3v) is 7.06. The highest BCUT2D eigenvalue weighted by atomic mass is 16.5. The van der Waals surface area contributed by atoms with Gasteiger partial charge in [0.15, 0.2) is 5.43 Å². The van der Waals surface area contributed by atoms with E-state index in [1.165, 1.54) is 0 Å². The molecule has 4 rings (SSSR count). The van der Waals surface area contributed by atoms with Crippen molar-refractivity contribution in [3.05, 3.63) is 111 Å². The van der Waals surface area contributed by atoms with Crippen LogP contribution in [0.4, 0.5) is 0 Å². The molecule has 0 bridgehead atoms. The van der Waals surface area contributed by atoms with E-state index < -0.39 is 6.04 Å². The van der Waals surface area contributed by atoms with Gasteiger partial charge in [-0.25, -0.2) is 0 Å². The van der Waals surface area contributed by atoms with Gasteiger partial charge < -0.3 is 19.8 Å². The van der Waals surface area contributed by atoms with Crippen LogP contribution in [0, 0.1) is 24.2 Å². The highest BCUT2D eigenvalue weighted by Gasteiger charge is 2.33. The van der Waals surface area contributed by atoms with Gasteiger partial charge in [0.1, 0.15) is 17.1 Å². The number of fused-ring (bicyclic) bond motifs is 1. The van der Waals surface area contributed by atoms with Gasteiger partial charge in [0, 0.05) is 30.2 Å². The Balaban J connectivity index is 1.95. The first kappa shape index (κ1) is 28.6. The SMILES string of the molecule is COc1ccc2c(=O)c(Cc3cccc(C#N)c3)c(C(C(C)C)N(CCCN)C(=O)c3ccc(C)cc3)oc2c1. The molecule has 7 nitrogen and oxygen atoms in total. The van der Waals surface area contributed by atoms with Crippen molar-refractivity contribution in [2.24, 2.45) is 11.7 Å². The number of hydrogen-bond donors (Lipinski definition) is 1. The second-order valence-electron chi connectivity index (χ2n) is 10.3. The van der Waals surface area contributed by atoms with Crippen molar-refractivity contribution in [2.75, 3.05) is 20.2 Å². The number of carbonyl (C=O) groups excluding carboxylic acids is 1. The predicted molar refractivity (Wildman–Crippen MR) is 156 cm³/mol. The quantitative estimate of drug-likeness (QED) is 0.275. The minimum absolute atomic E-state index is 0.0948. The lowest BCUT2D eigenvalue weighted by Gasteiger charge is -2.35. The molecule has 0 fully saturated rings. The summed E-state index contributed by atoms with van der Waals surface area (Å²) < 4.78 is 12.0. The van der Waals surface area contributed by atoms with Crippen LogP contribution in [0.3, 0.4) is 0 Å². The molecule has 206 valence electrons. The van der Waals surface area contributed by atoms with E-state index in [4.69, 9.17) is 14.9 Å². The summed E-state index contributed by atoms with van der Waals surface area (Å²) in [7, 11) is 1.56. The Morgan fingerprint density at radius 2 is 1.85 bits per heavy atom. The topological polar surface area (TPSA) is 110 Å². The zero-order chi connectivity index (χ0) is 28.8. The molecule has 1 aromatic heterocycles. The van der Waals surface area contributed by atoms with Crippen molar-refractivity contribution in [3.8, 4) is 11.8 Å². The number of carbonyl (C=O) groups is 1. The van der Waals surface area contributed by atoms with E-state index in [-0.39, 0.29) is 23.7 Å². The van der Waals surface area contributed by atoms with Crippen LogP contribution in [-0.4, -0.2) is 31.0 Å². The highest BCUT2D eigenvalue weighted by molar-refractivity contribution is 5.94. The van der Waals surface area contributed by atoms with Crippen molar-refractivity contribution in [2.45, 2.75) is 39.7 Å². The molecule has 40 heavy (non-hydrogen) atoms. The summed E-state index contributed by atoms with van der Waals surface area (Å²) in [5, 5.41) is 9.86. The molecule has 0 saturated carbocycles. The van der Waals surface area contributed by atoms with Gasteiger partial charge in [-0.1, -0.05) is 43.7 Å².